The fourth-order valence-corrected chi connectivity index (χ4v) is 5.20. The van der Waals surface area contributed by atoms with E-state index in [1.807, 2.05) is 19.2 Å². The van der Waals surface area contributed by atoms with Gasteiger partial charge in [-0.3, -0.25) is 4.79 Å². The molecule has 0 saturated carbocycles. The van der Waals surface area contributed by atoms with Crippen LogP contribution in [-0.4, -0.2) is 51.1 Å². The summed E-state index contributed by atoms with van der Waals surface area (Å²) in [7, 11) is 0. The third kappa shape index (κ3) is 4.47. The molecule has 0 aliphatic carbocycles. The number of likely N-dealkylation sites (tertiary alicyclic amines) is 1. The molecule has 0 radical (unpaired) electrons. The first kappa shape index (κ1) is 23.6. The Morgan fingerprint density at radius 3 is 2.63 bits per heavy atom. The van der Waals surface area contributed by atoms with Crippen molar-refractivity contribution in [1.82, 2.24) is 19.5 Å². The van der Waals surface area contributed by atoms with Gasteiger partial charge < -0.3 is 15.5 Å². The van der Waals surface area contributed by atoms with Gasteiger partial charge in [0.25, 0.3) is 5.91 Å². The molecule has 4 heterocycles. The zero-order valence-corrected chi connectivity index (χ0v) is 19.8. The lowest BCUT2D eigenvalue weighted by molar-refractivity contribution is -0.138. The van der Waals surface area contributed by atoms with Gasteiger partial charge in [-0.2, -0.15) is 18.3 Å². The molecular weight excluding hydrogens is 457 g/mol. The monoisotopic (exact) mass is 486 g/mol. The molecule has 35 heavy (non-hydrogen) atoms. The minimum absolute atomic E-state index is 0.123. The van der Waals surface area contributed by atoms with Crippen molar-refractivity contribution in [3.05, 3.63) is 58.4 Å². The maximum absolute atomic E-state index is 13.7. The van der Waals surface area contributed by atoms with Crippen molar-refractivity contribution < 1.29 is 18.0 Å². The Hall–Kier alpha value is -3.14. The van der Waals surface area contributed by atoms with Crippen molar-refractivity contribution in [2.45, 2.75) is 57.8 Å². The first-order valence-corrected chi connectivity index (χ1v) is 12.0. The number of aromatic nitrogens is 3. The standard InChI is InChI=1S/C25H29F3N6O/c1-15-6-7-19(25(26,27)28)18(11-15)24(35)33-9-4-3-5-21(33)20-12-22-30-23(16(2)13-34(22)31-20)32-10-8-17(29)14-32/h6-7,11-13,17,21H,3-5,8-10,14,29H2,1-2H3/t17-,21-/m0/s1. The summed E-state index contributed by atoms with van der Waals surface area (Å²) >= 11 is 0. The number of hydrogen-bond donors (Lipinski definition) is 1. The van der Waals surface area contributed by atoms with E-state index >= 15 is 0 Å². The molecule has 0 unspecified atom stereocenters. The van der Waals surface area contributed by atoms with Crippen molar-refractivity contribution in [2.75, 3.05) is 24.5 Å². The lowest BCUT2D eigenvalue weighted by atomic mass is 9.96. The van der Waals surface area contributed by atoms with Crippen LogP contribution >= 0.6 is 0 Å². The van der Waals surface area contributed by atoms with E-state index in [1.165, 1.54) is 12.1 Å². The molecule has 2 saturated heterocycles. The Labute approximate surface area is 201 Å². The fourth-order valence-electron chi connectivity index (χ4n) is 5.20. The second-order valence-corrected chi connectivity index (χ2v) is 9.67. The van der Waals surface area contributed by atoms with Gasteiger partial charge in [0, 0.05) is 43.5 Å². The second kappa shape index (κ2) is 8.82. The van der Waals surface area contributed by atoms with Crippen LogP contribution < -0.4 is 10.6 Å². The molecule has 186 valence electrons. The number of amides is 1. The average molecular weight is 487 g/mol. The SMILES string of the molecule is Cc1ccc(C(F)(F)F)c(C(=O)N2CCCC[C@H]2c2cc3nc(N4CC[C@H](N)C4)c(C)cn3n2)c1. The second-order valence-electron chi connectivity index (χ2n) is 9.67. The molecule has 2 aliphatic heterocycles. The highest BCUT2D eigenvalue weighted by Gasteiger charge is 2.38. The van der Waals surface area contributed by atoms with Crippen LogP contribution in [0.2, 0.25) is 0 Å². The van der Waals surface area contributed by atoms with Gasteiger partial charge >= 0.3 is 6.18 Å². The van der Waals surface area contributed by atoms with E-state index in [0.717, 1.165) is 49.8 Å². The molecule has 2 aromatic heterocycles. The van der Waals surface area contributed by atoms with Crippen molar-refractivity contribution in [2.24, 2.45) is 5.73 Å². The molecule has 0 spiro atoms. The molecule has 1 aromatic carbocycles. The Kier molecular flexibility index (Phi) is 5.94. The molecular formula is C25H29F3N6O. The highest BCUT2D eigenvalue weighted by Crippen LogP contribution is 2.37. The summed E-state index contributed by atoms with van der Waals surface area (Å²) in [5, 5.41) is 4.69. The fraction of sp³-hybridized carbons (Fsp3) is 0.480. The number of benzene rings is 1. The number of halogens is 3. The first-order chi connectivity index (χ1) is 16.6. The van der Waals surface area contributed by atoms with Crippen LogP contribution in [0.25, 0.3) is 5.65 Å². The van der Waals surface area contributed by atoms with Gasteiger partial charge in [0.05, 0.1) is 22.9 Å². The largest absolute Gasteiger partial charge is 0.417 e. The first-order valence-electron chi connectivity index (χ1n) is 12.0. The predicted molar refractivity (Wildman–Crippen MR) is 126 cm³/mol. The number of carbonyl (C=O) groups excluding carboxylic acids is 1. The van der Waals surface area contributed by atoms with Crippen LogP contribution in [-0.2, 0) is 6.18 Å². The van der Waals surface area contributed by atoms with Crippen LogP contribution in [0, 0.1) is 13.8 Å². The van der Waals surface area contributed by atoms with Crippen LogP contribution in [0.15, 0.2) is 30.5 Å². The molecule has 0 bridgehead atoms. The summed E-state index contributed by atoms with van der Waals surface area (Å²) in [6.45, 7) is 5.63. The van der Waals surface area contributed by atoms with Crippen LogP contribution in [0.4, 0.5) is 19.0 Å². The van der Waals surface area contributed by atoms with Gasteiger partial charge in [0.1, 0.15) is 5.82 Å². The van der Waals surface area contributed by atoms with E-state index in [0.29, 0.717) is 29.9 Å². The van der Waals surface area contributed by atoms with Crippen LogP contribution in [0.5, 0.6) is 0 Å². The molecule has 2 fully saturated rings. The van der Waals surface area contributed by atoms with Gasteiger partial charge in [0.2, 0.25) is 0 Å². The van der Waals surface area contributed by atoms with Gasteiger partial charge in [-0.15, -0.1) is 0 Å². The number of anilines is 1. The van der Waals surface area contributed by atoms with Crippen molar-refractivity contribution in [3.8, 4) is 0 Å². The number of alkyl halides is 3. The Morgan fingerprint density at radius 2 is 1.91 bits per heavy atom. The molecule has 2 atom stereocenters. The van der Waals surface area contributed by atoms with Gasteiger partial charge in [-0.1, -0.05) is 11.6 Å². The zero-order valence-electron chi connectivity index (χ0n) is 19.8. The average Bonchev–Trinajstić information content (AvgIpc) is 3.42. The molecule has 5 rings (SSSR count). The van der Waals surface area contributed by atoms with E-state index in [1.54, 1.807) is 16.3 Å². The number of aryl methyl sites for hydroxylation is 2. The van der Waals surface area contributed by atoms with Crippen molar-refractivity contribution >= 4 is 17.4 Å². The van der Waals surface area contributed by atoms with Crippen molar-refractivity contribution in [3.63, 3.8) is 0 Å². The number of carbonyl (C=O) groups is 1. The highest BCUT2D eigenvalue weighted by atomic mass is 19.4. The van der Waals surface area contributed by atoms with E-state index in [2.05, 4.69) is 10.00 Å². The smallest absolute Gasteiger partial charge is 0.355 e. The van der Waals surface area contributed by atoms with Crippen LogP contribution in [0.3, 0.4) is 0 Å². The Bertz CT molecular complexity index is 1270. The summed E-state index contributed by atoms with van der Waals surface area (Å²) in [6, 6.07) is 5.26. The maximum atomic E-state index is 13.7. The molecule has 2 N–H and O–H groups in total. The summed E-state index contributed by atoms with van der Waals surface area (Å²) in [6.07, 6.45) is 0.445. The predicted octanol–water partition coefficient (Wildman–Crippen LogP) is 4.27. The van der Waals surface area contributed by atoms with Crippen molar-refractivity contribution in [1.29, 1.82) is 0 Å². The van der Waals surface area contributed by atoms with E-state index in [-0.39, 0.29) is 11.6 Å². The van der Waals surface area contributed by atoms with E-state index < -0.39 is 23.7 Å². The summed E-state index contributed by atoms with van der Waals surface area (Å²) < 4.78 is 42.8. The molecule has 10 heteroatoms. The number of piperidine rings is 1. The number of nitrogens with two attached hydrogens (primary N) is 1. The summed E-state index contributed by atoms with van der Waals surface area (Å²) in [4.78, 5) is 22.0. The lowest BCUT2D eigenvalue weighted by Crippen LogP contribution is -2.39. The zero-order chi connectivity index (χ0) is 24.9. The van der Waals surface area contributed by atoms with Crippen LogP contribution in [0.1, 0.15) is 64.5 Å². The van der Waals surface area contributed by atoms with Gasteiger partial charge in [-0.25, -0.2) is 9.50 Å². The minimum atomic E-state index is -4.61. The highest BCUT2D eigenvalue weighted by molar-refractivity contribution is 5.96. The van der Waals surface area contributed by atoms with Gasteiger partial charge in [0.15, 0.2) is 5.65 Å². The quantitative estimate of drug-likeness (QED) is 0.598. The topological polar surface area (TPSA) is 79.8 Å². The number of rotatable bonds is 3. The maximum Gasteiger partial charge on any atom is 0.417 e. The molecule has 2 aliphatic rings. The van der Waals surface area contributed by atoms with E-state index in [4.69, 9.17) is 10.7 Å². The third-order valence-corrected chi connectivity index (χ3v) is 6.96. The molecule has 7 nitrogen and oxygen atoms in total. The number of fused-ring (bicyclic) bond motifs is 1. The number of nitrogens with zero attached hydrogens (tertiary/aromatic N) is 5. The molecule has 1 amide bonds. The Balaban J connectivity index is 1.50. The minimum Gasteiger partial charge on any atom is -0.355 e. The lowest BCUT2D eigenvalue weighted by Gasteiger charge is -2.35. The summed E-state index contributed by atoms with van der Waals surface area (Å²) in [5.41, 5.74) is 7.71. The van der Waals surface area contributed by atoms with E-state index in [9.17, 15) is 18.0 Å². The normalized spacial score (nSPS) is 21.2. The Morgan fingerprint density at radius 1 is 1.11 bits per heavy atom. The molecule has 3 aromatic rings. The third-order valence-electron chi connectivity index (χ3n) is 6.96. The van der Waals surface area contributed by atoms with Gasteiger partial charge in [-0.05, 0) is 51.7 Å². The number of hydrogen-bond acceptors (Lipinski definition) is 5. The summed E-state index contributed by atoms with van der Waals surface area (Å²) in [5.74, 6) is 0.252.